The molecular formula is C19H21FN6O2. The molecule has 8 nitrogen and oxygen atoms in total. The lowest BCUT2D eigenvalue weighted by Crippen LogP contribution is -2.44. The number of aromatic amines is 1. The molecule has 1 fully saturated rings. The summed E-state index contributed by atoms with van der Waals surface area (Å²) in [7, 11) is 0. The Morgan fingerprint density at radius 1 is 1.39 bits per heavy atom. The summed E-state index contributed by atoms with van der Waals surface area (Å²) in [6, 6.07) is 7.59. The number of amides is 2. The highest BCUT2D eigenvalue weighted by Gasteiger charge is 2.27. The van der Waals surface area contributed by atoms with Gasteiger partial charge in [-0.05, 0) is 44.0 Å². The van der Waals surface area contributed by atoms with Crippen LogP contribution in [0, 0.1) is 12.7 Å². The van der Waals surface area contributed by atoms with Crippen molar-refractivity contribution in [2.24, 2.45) is 0 Å². The lowest BCUT2D eigenvalue weighted by Gasteiger charge is -2.31. The lowest BCUT2D eigenvalue weighted by atomic mass is 9.98. The van der Waals surface area contributed by atoms with E-state index in [1.54, 1.807) is 23.1 Å². The molecule has 4 rings (SSSR count). The predicted molar refractivity (Wildman–Crippen MR) is 98.8 cm³/mol. The van der Waals surface area contributed by atoms with Crippen molar-refractivity contribution in [1.29, 1.82) is 0 Å². The van der Waals surface area contributed by atoms with Crippen LogP contribution in [-0.4, -0.2) is 44.4 Å². The molecule has 0 aliphatic carbocycles. The number of carbonyl (C=O) groups excluding carboxylic acids is 1. The summed E-state index contributed by atoms with van der Waals surface area (Å²) >= 11 is 0. The van der Waals surface area contributed by atoms with Crippen LogP contribution in [0.2, 0.25) is 0 Å². The molecule has 1 unspecified atom stereocenters. The van der Waals surface area contributed by atoms with E-state index < -0.39 is 0 Å². The summed E-state index contributed by atoms with van der Waals surface area (Å²) < 4.78 is 18.3. The van der Waals surface area contributed by atoms with Gasteiger partial charge in [-0.15, -0.1) is 0 Å². The second-order valence-corrected chi connectivity index (χ2v) is 6.91. The number of benzene rings is 1. The number of aromatic nitrogens is 4. The fourth-order valence-electron chi connectivity index (χ4n) is 3.34. The molecule has 28 heavy (non-hydrogen) atoms. The molecule has 3 aromatic rings. The third-order valence-electron chi connectivity index (χ3n) is 4.80. The van der Waals surface area contributed by atoms with Crippen molar-refractivity contribution in [1.82, 2.24) is 30.6 Å². The van der Waals surface area contributed by atoms with E-state index in [2.05, 4.69) is 25.7 Å². The van der Waals surface area contributed by atoms with Crippen molar-refractivity contribution in [3.63, 3.8) is 0 Å². The summed E-state index contributed by atoms with van der Waals surface area (Å²) in [5, 5.41) is 13.9. The number of nitrogens with zero attached hydrogens (tertiary/aromatic N) is 4. The van der Waals surface area contributed by atoms with E-state index in [9.17, 15) is 9.18 Å². The Morgan fingerprint density at radius 2 is 2.21 bits per heavy atom. The summed E-state index contributed by atoms with van der Waals surface area (Å²) in [6.07, 6.45) is 1.87. The third kappa shape index (κ3) is 4.03. The standard InChI is InChI=1S/C19H21FN6O2/c1-12-22-18(24-23-12)14-3-2-8-26(11-14)19(27)21-10-16-9-17(25-28-16)13-4-6-15(20)7-5-13/h4-7,9,14H,2-3,8,10-11H2,1H3,(H,21,27)(H,22,23,24). The molecule has 1 aliphatic heterocycles. The number of urea groups is 1. The highest BCUT2D eigenvalue weighted by Crippen LogP contribution is 2.24. The maximum absolute atomic E-state index is 13.0. The first-order valence-corrected chi connectivity index (χ1v) is 9.21. The number of nitrogens with one attached hydrogen (secondary N) is 2. The Bertz CT molecular complexity index is 952. The van der Waals surface area contributed by atoms with Crippen LogP contribution in [-0.2, 0) is 6.54 Å². The molecule has 2 N–H and O–H groups in total. The van der Waals surface area contributed by atoms with Gasteiger partial charge in [0.25, 0.3) is 0 Å². The van der Waals surface area contributed by atoms with Crippen molar-refractivity contribution in [2.75, 3.05) is 13.1 Å². The van der Waals surface area contributed by atoms with Gasteiger partial charge in [0.1, 0.15) is 17.3 Å². The van der Waals surface area contributed by atoms with E-state index in [4.69, 9.17) is 4.52 Å². The van der Waals surface area contributed by atoms with Gasteiger partial charge in [0.05, 0.1) is 6.54 Å². The molecule has 1 aromatic carbocycles. The predicted octanol–water partition coefficient (Wildman–Crippen LogP) is 3.00. The van der Waals surface area contributed by atoms with Crippen LogP contribution in [0.3, 0.4) is 0 Å². The molecule has 0 spiro atoms. The number of likely N-dealkylation sites (tertiary alicyclic amines) is 1. The van der Waals surface area contributed by atoms with Gasteiger partial charge in [0.2, 0.25) is 0 Å². The Balaban J connectivity index is 1.33. The second-order valence-electron chi connectivity index (χ2n) is 6.91. The zero-order valence-corrected chi connectivity index (χ0v) is 15.5. The topological polar surface area (TPSA) is 99.9 Å². The number of rotatable bonds is 4. The van der Waals surface area contributed by atoms with Crippen LogP contribution in [0.5, 0.6) is 0 Å². The van der Waals surface area contributed by atoms with Crippen LogP contribution in [0.25, 0.3) is 11.3 Å². The van der Waals surface area contributed by atoms with Gasteiger partial charge in [-0.2, -0.15) is 5.10 Å². The fourth-order valence-corrected chi connectivity index (χ4v) is 3.34. The van der Waals surface area contributed by atoms with Crippen molar-refractivity contribution in [3.8, 4) is 11.3 Å². The van der Waals surface area contributed by atoms with Crippen molar-refractivity contribution in [3.05, 3.63) is 53.6 Å². The minimum Gasteiger partial charge on any atom is -0.359 e. The van der Waals surface area contributed by atoms with Crippen LogP contribution in [0.1, 0.15) is 36.2 Å². The number of piperidine rings is 1. The van der Waals surface area contributed by atoms with Gasteiger partial charge < -0.3 is 14.7 Å². The first-order valence-electron chi connectivity index (χ1n) is 9.21. The summed E-state index contributed by atoms with van der Waals surface area (Å²) in [5.41, 5.74) is 1.35. The average molecular weight is 384 g/mol. The van der Waals surface area contributed by atoms with Gasteiger partial charge in [-0.3, -0.25) is 5.10 Å². The van der Waals surface area contributed by atoms with Gasteiger partial charge in [0.15, 0.2) is 11.6 Å². The molecule has 146 valence electrons. The number of halogens is 1. The number of carbonyl (C=O) groups is 1. The maximum atomic E-state index is 13.0. The molecule has 0 saturated carbocycles. The van der Waals surface area contributed by atoms with Crippen molar-refractivity contribution in [2.45, 2.75) is 32.2 Å². The third-order valence-corrected chi connectivity index (χ3v) is 4.80. The van der Waals surface area contributed by atoms with E-state index in [0.29, 0.717) is 24.5 Å². The van der Waals surface area contributed by atoms with Crippen molar-refractivity contribution < 1.29 is 13.7 Å². The highest BCUT2D eigenvalue weighted by atomic mass is 19.1. The van der Waals surface area contributed by atoms with Crippen molar-refractivity contribution >= 4 is 6.03 Å². The smallest absolute Gasteiger partial charge is 0.317 e. The van der Waals surface area contributed by atoms with E-state index in [1.807, 2.05) is 6.92 Å². The van der Waals surface area contributed by atoms with E-state index >= 15 is 0 Å². The van der Waals surface area contributed by atoms with Gasteiger partial charge in [0, 0.05) is 30.6 Å². The van der Waals surface area contributed by atoms with Crippen LogP contribution < -0.4 is 5.32 Å². The normalized spacial score (nSPS) is 16.9. The SMILES string of the molecule is Cc1nc(C2CCCN(C(=O)NCc3cc(-c4ccc(F)cc4)no3)C2)n[nH]1. The number of hydrogen-bond donors (Lipinski definition) is 2. The van der Waals surface area contributed by atoms with E-state index in [-0.39, 0.29) is 24.3 Å². The lowest BCUT2D eigenvalue weighted by molar-refractivity contribution is 0.177. The molecule has 1 saturated heterocycles. The van der Waals surface area contributed by atoms with E-state index in [0.717, 1.165) is 30.1 Å². The minimum absolute atomic E-state index is 0.139. The van der Waals surface area contributed by atoms with Gasteiger partial charge in [-0.25, -0.2) is 14.2 Å². The van der Waals surface area contributed by atoms with Gasteiger partial charge in [-0.1, -0.05) is 5.16 Å². The Hall–Kier alpha value is -3.23. The van der Waals surface area contributed by atoms with Gasteiger partial charge >= 0.3 is 6.03 Å². The Kier molecular flexibility index (Phi) is 5.05. The summed E-state index contributed by atoms with van der Waals surface area (Å²) in [4.78, 5) is 18.7. The highest BCUT2D eigenvalue weighted by molar-refractivity contribution is 5.74. The second kappa shape index (κ2) is 7.79. The Morgan fingerprint density at radius 3 is 2.96 bits per heavy atom. The average Bonchev–Trinajstić information content (AvgIpc) is 3.36. The van der Waals surface area contributed by atoms with Crippen LogP contribution in [0.15, 0.2) is 34.9 Å². The largest absolute Gasteiger partial charge is 0.359 e. The number of aryl methyl sites for hydroxylation is 1. The molecule has 1 atom stereocenters. The first-order chi connectivity index (χ1) is 13.6. The van der Waals surface area contributed by atoms with Crippen LogP contribution >= 0.6 is 0 Å². The molecule has 1 aliphatic rings. The molecule has 0 bridgehead atoms. The zero-order chi connectivity index (χ0) is 19.5. The number of hydrogen-bond acceptors (Lipinski definition) is 5. The molecule has 2 amide bonds. The van der Waals surface area contributed by atoms with E-state index in [1.165, 1.54) is 12.1 Å². The quantitative estimate of drug-likeness (QED) is 0.720. The summed E-state index contributed by atoms with van der Waals surface area (Å²) in [6.45, 7) is 3.37. The Labute approximate surface area is 161 Å². The number of H-pyrrole nitrogens is 1. The monoisotopic (exact) mass is 384 g/mol. The molecule has 9 heteroatoms. The zero-order valence-electron chi connectivity index (χ0n) is 15.5. The molecule has 3 heterocycles. The summed E-state index contributed by atoms with van der Waals surface area (Å²) in [5.74, 6) is 1.90. The molecular weight excluding hydrogens is 363 g/mol. The fraction of sp³-hybridized carbons (Fsp3) is 0.368. The molecule has 0 radical (unpaired) electrons. The maximum Gasteiger partial charge on any atom is 0.317 e. The molecule has 2 aromatic heterocycles. The minimum atomic E-state index is -0.306. The van der Waals surface area contributed by atoms with Crippen LogP contribution in [0.4, 0.5) is 9.18 Å². The first kappa shape index (κ1) is 18.1.